The van der Waals surface area contributed by atoms with Gasteiger partial charge in [0, 0.05) is 35.7 Å². The van der Waals surface area contributed by atoms with E-state index >= 15 is 0 Å². The summed E-state index contributed by atoms with van der Waals surface area (Å²) < 4.78 is 35.3. The van der Waals surface area contributed by atoms with Crippen molar-refractivity contribution in [3.63, 3.8) is 0 Å². The molecule has 0 radical (unpaired) electrons. The van der Waals surface area contributed by atoms with Gasteiger partial charge in [-0.2, -0.15) is 4.31 Å². The number of aryl methyl sites for hydroxylation is 1. The lowest BCUT2D eigenvalue weighted by Crippen LogP contribution is -2.38. The van der Waals surface area contributed by atoms with E-state index in [2.05, 4.69) is 23.8 Å². The first-order valence-electron chi connectivity index (χ1n) is 9.90. The van der Waals surface area contributed by atoms with Gasteiger partial charge in [0.05, 0.1) is 17.0 Å². The van der Waals surface area contributed by atoms with Gasteiger partial charge in [-0.15, -0.1) is 0 Å². The standard InChI is InChI=1S/C22H25ClN2O3S/c1-3-28-19-5-7-20(8-6-19)29(26,27)24-12-10-18(11-13-24)25-15-16(2)21-9-4-17(23)14-22(21)25/h4-9,14-15,18H,3,10-13H2,1-2H3. The molecule has 0 aliphatic carbocycles. The molecule has 2 heterocycles. The molecular formula is C22H25ClN2O3S. The lowest BCUT2D eigenvalue weighted by Gasteiger charge is -2.32. The number of benzene rings is 2. The van der Waals surface area contributed by atoms with Crippen LogP contribution in [0.5, 0.6) is 5.75 Å². The maximum absolute atomic E-state index is 13.0. The molecule has 5 nitrogen and oxygen atoms in total. The normalized spacial score (nSPS) is 16.4. The largest absolute Gasteiger partial charge is 0.494 e. The van der Waals surface area contributed by atoms with E-state index < -0.39 is 10.0 Å². The van der Waals surface area contributed by atoms with Gasteiger partial charge >= 0.3 is 0 Å². The van der Waals surface area contributed by atoms with Crippen molar-refractivity contribution in [3.05, 3.63) is 59.2 Å². The Morgan fingerprint density at radius 3 is 2.45 bits per heavy atom. The van der Waals surface area contributed by atoms with Crippen molar-refractivity contribution in [2.45, 2.75) is 37.6 Å². The van der Waals surface area contributed by atoms with E-state index in [-0.39, 0.29) is 6.04 Å². The van der Waals surface area contributed by atoms with Crippen molar-refractivity contribution in [3.8, 4) is 5.75 Å². The minimum Gasteiger partial charge on any atom is -0.494 e. The monoisotopic (exact) mass is 432 g/mol. The zero-order chi connectivity index (χ0) is 20.6. The first kappa shape index (κ1) is 20.3. The smallest absolute Gasteiger partial charge is 0.243 e. The highest BCUT2D eigenvalue weighted by atomic mass is 35.5. The molecular weight excluding hydrogens is 408 g/mol. The van der Waals surface area contributed by atoms with Crippen LogP contribution in [0.15, 0.2) is 53.6 Å². The van der Waals surface area contributed by atoms with Crippen LogP contribution in [-0.4, -0.2) is 37.0 Å². The fourth-order valence-corrected chi connectivity index (χ4v) is 5.72. The molecule has 0 N–H and O–H groups in total. The Kier molecular flexibility index (Phi) is 5.60. The van der Waals surface area contributed by atoms with Crippen LogP contribution < -0.4 is 4.74 Å². The summed E-state index contributed by atoms with van der Waals surface area (Å²) in [5.41, 5.74) is 2.32. The fraction of sp³-hybridized carbons (Fsp3) is 0.364. The molecule has 0 unspecified atom stereocenters. The molecule has 0 bridgehead atoms. The van der Waals surface area contributed by atoms with E-state index in [4.69, 9.17) is 16.3 Å². The third-order valence-electron chi connectivity index (χ3n) is 5.58. The number of sulfonamides is 1. The van der Waals surface area contributed by atoms with Crippen LogP contribution >= 0.6 is 11.6 Å². The zero-order valence-corrected chi connectivity index (χ0v) is 18.2. The molecule has 3 aromatic rings. The van der Waals surface area contributed by atoms with Gasteiger partial charge in [-0.05, 0) is 68.7 Å². The Morgan fingerprint density at radius 2 is 1.79 bits per heavy atom. The Bertz CT molecular complexity index is 1110. The molecule has 0 spiro atoms. The SMILES string of the molecule is CCOc1ccc(S(=O)(=O)N2CCC(n3cc(C)c4ccc(Cl)cc43)CC2)cc1. The topological polar surface area (TPSA) is 51.5 Å². The molecule has 29 heavy (non-hydrogen) atoms. The zero-order valence-electron chi connectivity index (χ0n) is 16.6. The summed E-state index contributed by atoms with van der Waals surface area (Å²) in [6.45, 7) is 5.55. The number of halogens is 1. The second-order valence-corrected chi connectivity index (χ2v) is 9.79. The molecule has 1 aromatic heterocycles. The number of hydrogen-bond acceptors (Lipinski definition) is 3. The summed E-state index contributed by atoms with van der Waals surface area (Å²) in [5.74, 6) is 0.679. The number of hydrogen-bond donors (Lipinski definition) is 0. The minimum atomic E-state index is -3.50. The molecule has 154 valence electrons. The summed E-state index contributed by atoms with van der Waals surface area (Å²) in [7, 11) is -3.50. The number of rotatable bonds is 5. The van der Waals surface area contributed by atoms with Gasteiger partial charge in [0.15, 0.2) is 0 Å². The first-order chi connectivity index (χ1) is 13.9. The van der Waals surface area contributed by atoms with E-state index in [0.717, 1.165) is 18.4 Å². The van der Waals surface area contributed by atoms with Crippen molar-refractivity contribution in [1.82, 2.24) is 8.87 Å². The molecule has 1 fully saturated rings. The first-order valence-corrected chi connectivity index (χ1v) is 11.7. The fourth-order valence-electron chi connectivity index (χ4n) is 4.09. The van der Waals surface area contributed by atoms with Crippen molar-refractivity contribution in [2.24, 2.45) is 0 Å². The van der Waals surface area contributed by atoms with Gasteiger partial charge in [-0.25, -0.2) is 8.42 Å². The van der Waals surface area contributed by atoms with Gasteiger partial charge < -0.3 is 9.30 Å². The Morgan fingerprint density at radius 1 is 1.10 bits per heavy atom. The van der Waals surface area contributed by atoms with Gasteiger partial charge in [-0.1, -0.05) is 17.7 Å². The molecule has 0 saturated carbocycles. The molecule has 1 aliphatic rings. The quantitative estimate of drug-likeness (QED) is 0.568. The number of nitrogens with zero attached hydrogens (tertiary/aromatic N) is 2. The Balaban J connectivity index is 1.51. The maximum atomic E-state index is 13.0. The predicted octanol–water partition coefficient (Wildman–Crippen LogP) is 5.03. The van der Waals surface area contributed by atoms with Crippen molar-refractivity contribution < 1.29 is 13.2 Å². The van der Waals surface area contributed by atoms with Crippen LogP contribution in [0.3, 0.4) is 0 Å². The van der Waals surface area contributed by atoms with Crippen molar-refractivity contribution in [1.29, 1.82) is 0 Å². The summed E-state index contributed by atoms with van der Waals surface area (Å²) in [6, 6.07) is 12.9. The van der Waals surface area contributed by atoms with E-state index in [9.17, 15) is 8.42 Å². The summed E-state index contributed by atoms with van der Waals surface area (Å²) >= 11 is 6.21. The van der Waals surface area contributed by atoms with Crippen LogP contribution in [0.2, 0.25) is 5.02 Å². The number of piperidine rings is 1. The molecule has 0 atom stereocenters. The summed E-state index contributed by atoms with van der Waals surface area (Å²) in [4.78, 5) is 0.313. The molecule has 2 aromatic carbocycles. The number of aromatic nitrogens is 1. The van der Waals surface area contributed by atoms with Crippen LogP contribution in [0.4, 0.5) is 0 Å². The molecule has 0 amide bonds. The van der Waals surface area contributed by atoms with Gasteiger partial charge in [0.1, 0.15) is 5.75 Å². The highest BCUT2D eigenvalue weighted by Gasteiger charge is 2.30. The Labute approximate surface area is 176 Å². The number of ether oxygens (including phenoxy) is 1. The van der Waals surface area contributed by atoms with Crippen LogP contribution in [0.25, 0.3) is 10.9 Å². The van der Waals surface area contributed by atoms with Gasteiger partial charge in [0.2, 0.25) is 10.0 Å². The second-order valence-electron chi connectivity index (χ2n) is 7.42. The van der Waals surface area contributed by atoms with E-state index in [1.54, 1.807) is 28.6 Å². The minimum absolute atomic E-state index is 0.261. The molecule has 7 heteroatoms. The highest BCUT2D eigenvalue weighted by molar-refractivity contribution is 7.89. The summed E-state index contributed by atoms with van der Waals surface area (Å²) in [5, 5.41) is 1.91. The third kappa shape index (κ3) is 3.89. The van der Waals surface area contributed by atoms with E-state index in [1.807, 2.05) is 19.1 Å². The average molecular weight is 433 g/mol. The average Bonchev–Trinajstić information content (AvgIpc) is 3.04. The lowest BCUT2D eigenvalue weighted by molar-refractivity contribution is 0.277. The van der Waals surface area contributed by atoms with Gasteiger partial charge in [-0.3, -0.25) is 0 Å². The molecule has 4 rings (SSSR count). The predicted molar refractivity (Wildman–Crippen MR) is 116 cm³/mol. The van der Waals surface area contributed by atoms with E-state index in [0.29, 0.717) is 35.4 Å². The van der Waals surface area contributed by atoms with Crippen molar-refractivity contribution in [2.75, 3.05) is 19.7 Å². The summed E-state index contributed by atoms with van der Waals surface area (Å²) in [6.07, 6.45) is 3.69. The van der Waals surface area contributed by atoms with Gasteiger partial charge in [0.25, 0.3) is 0 Å². The van der Waals surface area contributed by atoms with Crippen LogP contribution in [0.1, 0.15) is 31.4 Å². The van der Waals surface area contributed by atoms with Crippen molar-refractivity contribution >= 4 is 32.5 Å². The third-order valence-corrected chi connectivity index (χ3v) is 7.73. The van der Waals surface area contributed by atoms with E-state index in [1.165, 1.54) is 10.9 Å². The number of fused-ring (bicyclic) bond motifs is 1. The lowest BCUT2D eigenvalue weighted by atomic mass is 10.1. The highest BCUT2D eigenvalue weighted by Crippen LogP contribution is 2.33. The van der Waals surface area contributed by atoms with Crippen LogP contribution in [0, 0.1) is 6.92 Å². The molecule has 1 aliphatic heterocycles. The molecule has 1 saturated heterocycles. The maximum Gasteiger partial charge on any atom is 0.243 e. The van der Waals surface area contributed by atoms with Crippen LogP contribution in [-0.2, 0) is 10.0 Å². The Hall–Kier alpha value is -2.02. The second kappa shape index (κ2) is 8.01.